The lowest BCUT2D eigenvalue weighted by Gasteiger charge is -2.49. The van der Waals surface area contributed by atoms with Gasteiger partial charge in [-0.2, -0.15) is 0 Å². The second-order valence-corrected chi connectivity index (χ2v) is 5.59. The smallest absolute Gasteiger partial charge is 0.158 e. The van der Waals surface area contributed by atoms with Gasteiger partial charge < -0.3 is 5.11 Å². The van der Waals surface area contributed by atoms with Gasteiger partial charge in [0.15, 0.2) is 5.78 Å². The molecule has 0 fully saturated rings. The zero-order valence-corrected chi connectivity index (χ0v) is 9.79. The Balaban J connectivity index is 2.55. The highest BCUT2D eigenvalue weighted by molar-refractivity contribution is 5.96. The Kier molecular flexibility index (Phi) is 2.00. The number of allylic oxidation sites excluding steroid dienone is 2. The first-order valence-electron chi connectivity index (χ1n) is 5.41. The van der Waals surface area contributed by atoms with Crippen LogP contribution < -0.4 is 0 Å². The van der Waals surface area contributed by atoms with E-state index in [9.17, 15) is 9.90 Å². The molecule has 2 atom stereocenters. The number of fused-ring (bicyclic) bond motifs is 1. The van der Waals surface area contributed by atoms with Gasteiger partial charge in [0.2, 0.25) is 0 Å². The molecular formula is C13H18O2. The van der Waals surface area contributed by atoms with Crippen LogP contribution in [0.25, 0.3) is 0 Å². The van der Waals surface area contributed by atoms with Crippen LogP contribution in [-0.2, 0) is 4.79 Å². The molecule has 3 rings (SSSR count). The fourth-order valence-electron chi connectivity index (χ4n) is 3.20. The van der Waals surface area contributed by atoms with Crippen LogP contribution in [0.4, 0.5) is 0 Å². The van der Waals surface area contributed by atoms with Crippen molar-refractivity contribution in [1.82, 2.24) is 0 Å². The van der Waals surface area contributed by atoms with Crippen molar-refractivity contribution in [3.05, 3.63) is 23.3 Å². The van der Waals surface area contributed by atoms with Crippen molar-refractivity contribution in [2.24, 2.45) is 11.3 Å². The first kappa shape index (κ1) is 10.6. The van der Waals surface area contributed by atoms with Crippen LogP contribution in [-0.4, -0.2) is 16.5 Å². The molecule has 2 nitrogen and oxygen atoms in total. The monoisotopic (exact) mass is 206 g/mol. The lowest BCUT2D eigenvalue weighted by molar-refractivity contribution is -0.116. The minimum atomic E-state index is -1.02. The van der Waals surface area contributed by atoms with E-state index >= 15 is 0 Å². The van der Waals surface area contributed by atoms with Gasteiger partial charge in [0.05, 0.1) is 0 Å². The molecule has 0 aromatic heterocycles. The van der Waals surface area contributed by atoms with Crippen molar-refractivity contribution in [3.8, 4) is 0 Å². The Morgan fingerprint density at radius 3 is 2.53 bits per heavy atom. The second-order valence-electron chi connectivity index (χ2n) is 5.59. The van der Waals surface area contributed by atoms with Gasteiger partial charge in [0.25, 0.3) is 0 Å². The Labute approximate surface area is 90.7 Å². The topological polar surface area (TPSA) is 37.3 Å². The SMILES string of the molecule is CC(=O)C1=C[C@@H]2C(C)=C[C@@]1(O)CC2(C)C. The summed E-state index contributed by atoms with van der Waals surface area (Å²) in [7, 11) is 0. The fourth-order valence-corrected chi connectivity index (χ4v) is 3.20. The van der Waals surface area contributed by atoms with Gasteiger partial charge in [0.1, 0.15) is 5.60 Å². The van der Waals surface area contributed by atoms with E-state index in [1.807, 2.05) is 19.1 Å². The maximum Gasteiger partial charge on any atom is 0.158 e. The van der Waals surface area contributed by atoms with Crippen molar-refractivity contribution in [2.75, 3.05) is 0 Å². The highest BCUT2D eigenvalue weighted by Gasteiger charge is 2.49. The highest BCUT2D eigenvalue weighted by Crippen LogP contribution is 2.52. The number of hydrogen-bond acceptors (Lipinski definition) is 2. The predicted octanol–water partition coefficient (Wildman–Crippen LogP) is 2.24. The quantitative estimate of drug-likeness (QED) is 0.668. The molecule has 3 aliphatic carbocycles. The predicted molar refractivity (Wildman–Crippen MR) is 59.4 cm³/mol. The minimum Gasteiger partial charge on any atom is -0.381 e. The van der Waals surface area contributed by atoms with Crippen molar-refractivity contribution < 1.29 is 9.90 Å². The molecule has 2 bridgehead atoms. The normalized spacial score (nSPS) is 37.3. The van der Waals surface area contributed by atoms with Gasteiger partial charge >= 0.3 is 0 Å². The summed E-state index contributed by atoms with van der Waals surface area (Å²) in [4.78, 5) is 11.5. The Morgan fingerprint density at radius 2 is 2.13 bits per heavy atom. The van der Waals surface area contributed by atoms with Crippen LogP contribution in [0, 0.1) is 11.3 Å². The highest BCUT2D eigenvalue weighted by atomic mass is 16.3. The lowest BCUT2D eigenvalue weighted by atomic mass is 9.57. The zero-order chi connectivity index (χ0) is 11.4. The van der Waals surface area contributed by atoms with Crippen molar-refractivity contribution in [3.63, 3.8) is 0 Å². The van der Waals surface area contributed by atoms with E-state index in [-0.39, 0.29) is 11.2 Å². The molecule has 0 aromatic rings. The largest absolute Gasteiger partial charge is 0.381 e. The molecule has 0 saturated carbocycles. The van der Waals surface area contributed by atoms with Crippen LogP contribution >= 0.6 is 0 Å². The van der Waals surface area contributed by atoms with Gasteiger partial charge in [0, 0.05) is 11.5 Å². The maximum atomic E-state index is 11.5. The van der Waals surface area contributed by atoms with Crippen LogP contribution in [0.15, 0.2) is 23.3 Å². The van der Waals surface area contributed by atoms with E-state index in [0.29, 0.717) is 17.9 Å². The summed E-state index contributed by atoms with van der Waals surface area (Å²) in [5, 5.41) is 10.5. The summed E-state index contributed by atoms with van der Waals surface area (Å²) in [5.41, 5.74) is 0.789. The van der Waals surface area contributed by atoms with Gasteiger partial charge in [-0.05, 0) is 31.8 Å². The third-order valence-corrected chi connectivity index (χ3v) is 3.70. The number of ketones is 1. The number of Topliss-reactive ketones (excluding diaryl/α,β-unsaturated/α-hetero) is 1. The standard InChI is InChI=1S/C13H18O2/c1-8-6-13(15)7-12(3,4)10(8)5-11(13)9(2)14/h5-6,10,15H,7H2,1-4H3/t10-,13-/m1/s1. The van der Waals surface area contributed by atoms with E-state index in [1.54, 1.807) is 0 Å². The third kappa shape index (κ3) is 1.39. The van der Waals surface area contributed by atoms with Crippen molar-refractivity contribution in [2.45, 2.75) is 39.7 Å². The summed E-state index contributed by atoms with van der Waals surface area (Å²) < 4.78 is 0. The van der Waals surface area contributed by atoms with E-state index < -0.39 is 5.60 Å². The maximum absolute atomic E-state index is 11.5. The molecule has 0 spiro atoms. The van der Waals surface area contributed by atoms with E-state index in [0.717, 1.165) is 0 Å². The van der Waals surface area contributed by atoms with Gasteiger partial charge in [-0.1, -0.05) is 25.5 Å². The lowest BCUT2D eigenvalue weighted by Crippen LogP contribution is -2.48. The summed E-state index contributed by atoms with van der Waals surface area (Å²) in [6, 6.07) is 0. The van der Waals surface area contributed by atoms with Crippen LogP contribution in [0.2, 0.25) is 0 Å². The summed E-state index contributed by atoms with van der Waals surface area (Å²) in [6.07, 6.45) is 4.47. The Hall–Kier alpha value is -0.890. The van der Waals surface area contributed by atoms with Crippen LogP contribution in [0.1, 0.15) is 34.1 Å². The van der Waals surface area contributed by atoms with Gasteiger partial charge in [-0.3, -0.25) is 4.79 Å². The molecule has 1 N–H and O–H groups in total. The number of hydrogen-bond donors (Lipinski definition) is 1. The van der Waals surface area contributed by atoms with Crippen molar-refractivity contribution >= 4 is 5.78 Å². The first-order chi connectivity index (χ1) is 6.76. The Morgan fingerprint density at radius 1 is 1.53 bits per heavy atom. The van der Waals surface area contributed by atoms with Crippen LogP contribution in [0.3, 0.4) is 0 Å². The molecule has 0 amide bonds. The molecular weight excluding hydrogens is 188 g/mol. The molecule has 0 aliphatic heterocycles. The van der Waals surface area contributed by atoms with E-state index in [2.05, 4.69) is 13.8 Å². The molecule has 0 radical (unpaired) electrons. The fraction of sp³-hybridized carbons (Fsp3) is 0.615. The second kappa shape index (κ2) is 2.82. The Bertz CT molecular complexity index is 387. The number of rotatable bonds is 1. The number of carbonyl (C=O) groups is 1. The van der Waals surface area contributed by atoms with Crippen LogP contribution in [0.5, 0.6) is 0 Å². The van der Waals surface area contributed by atoms with Crippen molar-refractivity contribution in [1.29, 1.82) is 0 Å². The zero-order valence-electron chi connectivity index (χ0n) is 9.79. The molecule has 0 heterocycles. The van der Waals surface area contributed by atoms with Gasteiger partial charge in [-0.25, -0.2) is 0 Å². The molecule has 15 heavy (non-hydrogen) atoms. The summed E-state index contributed by atoms with van der Waals surface area (Å²) in [5.74, 6) is 0.284. The summed E-state index contributed by atoms with van der Waals surface area (Å²) in [6.45, 7) is 7.85. The molecule has 0 saturated heterocycles. The average Bonchev–Trinajstić information content (AvgIpc) is 1.97. The minimum absolute atomic E-state index is 0.0123. The number of carbonyl (C=O) groups excluding carboxylic acids is 1. The molecule has 2 heteroatoms. The molecule has 82 valence electrons. The van der Waals surface area contributed by atoms with Gasteiger partial charge in [-0.15, -0.1) is 0 Å². The van der Waals surface area contributed by atoms with E-state index in [1.165, 1.54) is 12.5 Å². The first-order valence-corrected chi connectivity index (χ1v) is 5.41. The average molecular weight is 206 g/mol. The summed E-state index contributed by atoms with van der Waals surface area (Å²) >= 11 is 0. The molecule has 0 unspecified atom stereocenters. The van der Waals surface area contributed by atoms with E-state index in [4.69, 9.17) is 0 Å². The third-order valence-electron chi connectivity index (χ3n) is 3.70. The molecule has 3 aliphatic rings. The molecule has 0 aromatic carbocycles. The number of aliphatic hydroxyl groups is 1.